The molecule has 1 aromatic heterocycles. The molecule has 3 aromatic rings. The van der Waals surface area contributed by atoms with Crippen LogP contribution in [0.15, 0.2) is 47.3 Å². The fourth-order valence-corrected chi connectivity index (χ4v) is 4.12. The van der Waals surface area contributed by atoms with Gasteiger partial charge in [0.2, 0.25) is 0 Å². The fourth-order valence-electron chi connectivity index (χ4n) is 4.00. The Morgan fingerprint density at radius 2 is 1.78 bits per heavy atom. The molecule has 32 heavy (non-hydrogen) atoms. The summed E-state index contributed by atoms with van der Waals surface area (Å²) in [5.74, 6) is 0.0830. The van der Waals surface area contributed by atoms with E-state index in [1.54, 1.807) is 23.1 Å². The maximum atomic E-state index is 13.1. The highest BCUT2D eigenvalue weighted by molar-refractivity contribution is 6.30. The van der Waals surface area contributed by atoms with Crippen LogP contribution in [0.5, 0.6) is 0 Å². The Morgan fingerprint density at radius 1 is 1.09 bits per heavy atom. The topological polar surface area (TPSA) is 109 Å². The molecule has 166 valence electrons. The van der Waals surface area contributed by atoms with Gasteiger partial charge in [-0.3, -0.25) is 25.0 Å². The molecule has 0 unspecified atom stereocenters. The largest absolute Gasteiger partial charge is 0.368 e. The average Bonchev–Trinajstić information content (AvgIpc) is 2.80. The van der Waals surface area contributed by atoms with Crippen molar-refractivity contribution in [3.63, 3.8) is 0 Å². The van der Waals surface area contributed by atoms with Crippen LogP contribution in [0.25, 0.3) is 11.0 Å². The molecule has 1 aliphatic heterocycles. The summed E-state index contributed by atoms with van der Waals surface area (Å²) >= 11 is 5.97. The molecule has 0 atom stereocenters. The lowest BCUT2D eigenvalue weighted by atomic mass is 10.1. The van der Waals surface area contributed by atoms with Crippen LogP contribution in [-0.2, 0) is 0 Å². The van der Waals surface area contributed by atoms with Crippen LogP contribution >= 0.6 is 11.6 Å². The highest BCUT2D eigenvalue weighted by Gasteiger charge is 2.23. The Morgan fingerprint density at radius 3 is 2.44 bits per heavy atom. The summed E-state index contributed by atoms with van der Waals surface area (Å²) in [5.41, 5.74) is 1.66. The summed E-state index contributed by atoms with van der Waals surface area (Å²) in [6.07, 6.45) is 1.19. The molecular weight excluding hydrogens is 428 g/mol. The van der Waals surface area contributed by atoms with E-state index < -0.39 is 5.56 Å². The SMILES string of the molecule is CCCC(=N)n1c(=N)c(=O)[nH]c2cc(C(=O)N3CCN(c4ccc(Cl)cc4)CC3)ccc21. The van der Waals surface area contributed by atoms with Crippen molar-refractivity contribution in [2.24, 2.45) is 0 Å². The van der Waals surface area contributed by atoms with Crippen molar-refractivity contribution in [3.05, 3.63) is 68.9 Å². The van der Waals surface area contributed by atoms with Crippen LogP contribution in [0.3, 0.4) is 0 Å². The van der Waals surface area contributed by atoms with Crippen molar-refractivity contribution in [2.45, 2.75) is 19.8 Å². The van der Waals surface area contributed by atoms with E-state index in [2.05, 4.69) is 9.88 Å². The number of anilines is 1. The highest BCUT2D eigenvalue weighted by Crippen LogP contribution is 2.21. The number of benzene rings is 2. The standard InChI is InChI=1S/C23H25ClN6O2/c1-2-3-20(25)30-19-9-4-15(14-18(19)27-22(31)21(30)26)23(32)29-12-10-28(11-13-29)17-7-5-16(24)6-8-17/h4-9,14,25-26H,2-3,10-13H2,1H3,(H,27,31). The van der Waals surface area contributed by atoms with Gasteiger partial charge in [-0.15, -0.1) is 0 Å². The van der Waals surface area contributed by atoms with E-state index in [4.69, 9.17) is 22.4 Å². The van der Waals surface area contributed by atoms with Gasteiger partial charge in [-0.05, 0) is 48.9 Å². The van der Waals surface area contributed by atoms with Gasteiger partial charge in [-0.25, -0.2) is 0 Å². The number of carbonyl (C=O) groups excluding carboxylic acids is 1. The molecule has 1 saturated heterocycles. The molecule has 1 amide bonds. The first-order chi connectivity index (χ1) is 15.4. The van der Waals surface area contributed by atoms with Gasteiger partial charge < -0.3 is 14.8 Å². The summed E-state index contributed by atoms with van der Waals surface area (Å²) in [7, 11) is 0. The minimum atomic E-state index is -0.584. The maximum absolute atomic E-state index is 13.1. The molecule has 3 N–H and O–H groups in total. The molecule has 0 spiro atoms. The summed E-state index contributed by atoms with van der Waals surface area (Å²) < 4.78 is 1.34. The minimum absolute atomic E-state index is 0.103. The van der Waals surface area contributed by atoms with Gasteiger partial charge in [0, 0.05) is 48.9 Å². The molecule has 8 nitrogen and oxygen atoms in total. The van der Waals surface area contributed by atoms with Gasteiger partial charge in [0.1, 0.15) is 5.84 Å². The molecule has 1 aliphatic rings. The number of fused-ring (bicyclic) bond motifs is 1. The molecule has 2 heterocycles. The summed E-state index contributed by atoms with van der Waals surface area (Å²) in [6.45, 7) is 4.55. The monoisotopic (exact) mass is 452 g/mol. The average molecular weight is 453 g/mol. The second kappa shape index (κ2) is 9.00. The Balaban J connectivity index is 1.56. The number of aromatic amines is 1. The smallest absolute Gasteiger partial charge is 0.291 e. The number of nitrogens with zero attached hydrogens (tertiary/aromatic N) is 3. The fraction of sp³-hybridized carbons (Fsp3) is 0.304. The molecule has 0 aliphatic carbocycles. The lowest BCUT2D eigenvalue weighted by molar-refractivity contribution is 0.0747. The zero-order valence-electron chi connectivity index (χ0n) is 17.8. The third-order valence-electron chi connectivity index (χ3n) is 5.69. The Hall–Kier alpha value is -3.39. The van der Waals surface area contributed by atoms with E-state index in [1.165, 1.54) is 4.57 Å². The van der Waals surface area contributed by atoms with Crippen LogP contribution in [0.4, 0.5) is 5.69 Å². The van der Waals surface area contributed by atoms with Crippen molar-refractivity contribution < 1.29 is 4.79 Å². The summed E-state index contributed by atoms with van der Waals surface area (Å²) in [4.78, 5) is 32.1. The Kier molecular flexibility index (Phi) is 6.14. The van der Waals surface area contributed by atoms with Crippen molar-refractivity contribution in [1.29, 1.82) is 10.8 Å². The van der Waals surface area contributed by atoms with E-state index in [9.17, 15) is 9.59 Å². The quantitative estimate of drug-likeness (QED) is 0.418. The van der Waals surface area contributed by atoms with E-state index >= 15 is 0 Å². The van der Waals surface area contributed by atoms with Gasteiger partial charge in [0.15, 0.2) is 5.49 Å². The molecule has 4 rings (SSSR count). The van der Waals surface area contributed by atoms with Gasteiger partial charge in [-0.2, -0.15) is 0 Å². The number of rotatable bonds is 4. The third kappa shape index (κ3) is 4.18. The molecule has 0 radical (unpaired) electrons. The second-order valence-electron chi connectivity index (χ2n) is 7.82. The summed E-state index contributed by atoms with van der Waals surface area (Å²) in [6, 6.07) is 12.7. The number of hydrogen-bond donors (Lipinski definition) is 3. The lowest BCUT2D eigenvalue weighted by Crippen LogP contribution is -2.48. The van der Waals surface area contributed by atoms with Crippen LogP contribution in [0.1, 0.15) is 30.1 Å². The number of aromatic nitrogens is 2. The van der Waals surface area contributed by atoms with Crippen molar-refractivity contribution in [2.75, 3.05) is 31.1 Å². The highest BCUT2D eigenvalue weighted by atomic mass is 35.5. The number of carbonyl (C=O) groups is 1. The Bertz CT molecular complexity index is 1290. The summed E-state index contributed by atoms with van der Waals surface area (Å²) in [5, 5.41) is 17.0. The predicted octanol–water partition coefficient (Wildman–Crippen LogP) is 3.05. The molecule has 9 heteroatoms. The van der Waals surface area contributed by atoms with E-state index in [0.717, 1.165) is 12.1 Å². The first-order valence-corrected chi connectivity index (χ1v) is 11.0. The van der Waals surface area contributed by atoms with E-state index in [-0.39, 0.29) is 17.2 Å². The van der Waals surface area contributed by atoms with Crippen LogP contribution in [0.2, 0.25) is 5.02 Å². The van der Waals surface area contributed by atoms with Gasteiger partial charge >= 0.3 is 0 Å². The molecule has 1 fully saturated rings. The number of piperazine rings is 1. The second-order valence-corrected chi connectivity index (χ2v) is 8.26. The lowest BCUT2D eigenvalue weighted by Gasteiger charge is -2.36. The third-order valence-corrected chi connectivity index (χ3v) is 5.94. The normalized spacial score (nSPS) is 14.1. The number of H-pyrrole nitrogens is 1. The van der Waals surface area contributed by atoms with Crippen LogP contribution in [-0.4, -0.2) is 52.4 Å². The first kappa shape index (κ1) is 21.8. The zero-order chi connectivity index (χ0) is 22.8. The number of nitrogens with one attached hydrogen (secondary N) is 3. The van der Waals surface area contributed by atoms with Crippen LogP contribution in [0, 0.1) is 10.8 Å². The van der Waals surface area contributed by atoms with Gasteiger partial charge in [0.05, 0.1) is 11.0 Å². The molecule has 0 bridgehead atoms. The maximum Gasteiger partial charge on any atom is 0.291 e. The molecule has 2 aromatic carbocycles. The number of hydrogen-bond acceptors (Lipinski definition) is 5. The number of halogens is 1. The van der Waals surface area contributed by atoms with Crippen molar-refractivity contribution >= 4 is 40.1 Å². The van der Waals surface area contributed by atoms with Crippen molar-refractivity contribution in [3.8, 4) is 0 Å². The predicted molar refractivity (Wildman–Crippen MR) is 126 cm³/mol. The van der Waals surface area contributed by atoms with E-state index in [1.807, 2.05) is 31.2 Å². The minimum Gasteiger partial charge on any atom is -0.368 e. The molecule has 0 saturated carbocycles. The van der Waals surface area contributed by atoms with Gasteiger partial charge in [0.25, 0.3) is 11.5 Å². The Labute approximate surface area is 190 Å². The first-order valence-electron chi connectivity index (χ1n) is 10.6. The van der Waals surface area contributed by atoms with Gasteiger partial charge in [-0.1, -0.05) is 18.5 Å². The molecular formula is C23H25ClN6O2. The zero-order valence-corrected chi connectivity index (χ0v) is 18.6. The van der Waals surface area contributed by atoms with E-state index in [0.29, 0.717) is 54.2 Å². The number of amides is 1. The van der Waals surface area contributed by atoms with Crippen LogP contribution < -0.4 is 15.9 Å². The van der Waals surface area contributed by atoms with Crippen molar-refractivity contribution in [1.82, 2.24) is 14.5 Å².